The van der Waals surface area contributed by atoms with Gasteiger partial charge in [0.05, 0.1) is 17.3 Å². The Morgan fingerprint density at radius 1 is 0.935 bits per heavy atom. The number of nitriles is 1. The van der Waals surface area contributed by atoms with Crippen molar-refractivity contribution in [1.82, 2.24) is 9.78 Å². The molecule has 160 valence electrons. The van der Waals surface area contributed by atoms with Crippen molar-refractivity contribution in [2.24, 2.45) is 0 Å². The van der Waals surface area contributed by atoms with Gasteiger partial charge in [-0.15, -0.1) is 0 Å². The number of aromatic nitrogens is 2. The molecule has 0 unspecified atom stereocenters. The van der Waals surface area contributed by atoms with Crippen LogP contribution in [-0.2, 0) is 12.4 Å². The molecular weight excluding hydrogens is 434 g/mol. The third-order valence-electron chi connectivity index (χ3n) is 4.10. The van der Waals surface area contributed by atoms with Crippen LogP contribution < -0.4 is 0 Å². The molecule has 3 nitrogen and oxygen atoms in total. The fraction of sp³-hybridized carbons (Fsp3) is 0.100. The highest BCUT2D eigenvalue weighted by molar-refractivity contribution is 5.89. The highest BCUT2D eigenvalue weighted by atomic mass is 19.4. The second kappa shape index (κ2) is 7.86. The molecule has 0 bridgehead atoms. The van der Waals surface area contributed by atoms with E-state index in [1.165, 1.54) is 24.3 Å². The van der Waals surface area contributed by atoms with E-state index in [1.54, 1.807) is 6.07 Å². The van der Waals surface area contributed by atoms with Crippen LogP contribution in [0.2, 0.25) is 0 Å². The molecule has 2 aromatic carbocycles. The zero-order chi connectivity index (χ0) is 23.0. The smallest absolute Gasteiger partial charge is 0.228 e. The van der Waals surface area contributed by atoms with E-state index in [-0.39, 0.29) is 33.1 Å². The molecule has 31 heavy (non-hydrogen) atoms. The maximum Gasteiger partial charge on any atom is 0.435 e. The van der Waals surface area contributed by atoms with Gasteiger partial charge in [0.25, 0.3) is 0 Å². The summed E-state index contributed by atoms with van der Waals surface area (Å²) in [5.74, 6) is -2.43. The third-order valence-corrected chi connectivity index (χ3v) is 4.10. The van der Waals surface area contributed by atoms with E-state index in [1.807, 2.05) is 0 Å². The van der Waals surface area contributed by atoms with Crippen LogP contribution in [0, 0.1) is 23.0 Å². The Bertz CT molecular complexity index is 1180. The van der Waals surface area contributed by atoms with Gasteiger partial charge in [0.1, 0.15) is 5.69 Å². The molecule has 1 aromatic heterocycles. The lowest BCUT2D eigenvalue weighted by atomic mass is 10.0. The molecule has 0 radical (unpaired) electrons. The molecule has 0 aliphatic rings. The number of allylic oxidation sites excluding steroid dienone is 1. The van der Waals surface area contributed by atoms with E-state index in [0.29, 0.717) is 0 Å². The number of nitrogens with zero attached hydrogens (tertiary/aromatic N) is 3. The molecule has 3 rings (SSSR count). The molecule has 1 heterocycles. The predicted octanol–water partition coefficient (Wildman–Crippen LogP) is 6.25. The van der Waals surface area contributed by atoms with Crippen molar-refractivity contribution in [2.75, 3.05) is 0 Å². The average molecular weight is 443 g/mol. The first kappa shape index (κ1) is 22.0. The number of hydrogen-bond acceptors (Lipinski definition) is 2. The predicted molar refractivity (Wildman–Crippen MR) is 93.4 cm³/mol. The number of rotatable bonds is 3. The number of halogens is 8. The topological polar surface area (TPSA) is 41.6 Å². The highest BCUT2D eigenvalue weighted by Gasteiger charge is 2.42. The zero-order valence-corrected chi connectivity index (χ0v) is 15.1. The Labute approximate surface area is 169 Å². The van der Waals surface area contributed by atoms with Crippen molar-refractivity contribution < 1.29 is 35.1 Å². The van der Waals surface area contributed by atoms with Gasteiger partial charge in [-0.05, 0) is 29.8 Å². The Hall–Kier alpha value is -3.68. The van der Waals surface area contributed by atoms with E-state index in [9.17, 15) is 40.4 Å². The van der Waals surface area contributed by atoms with Gasteiger partial charge in [-0.2, -0.15) is 36.7 Å². The van der Waals surface area contributed by atoms with Gasteiger partial charge in [-0.25, -0.2) is 13.5 Å². The monoisotopic (exact) mass is 443 g/mol. The summed E-state index contributed by atoms with van der Waals surface area (Å²) in [7, 11) is 0. The minimum Gasteiger partial charge on any atom is -0.228 e. The summed E-state index contributed by atoms with van der Waals surface area (Å²) >= 11 is 0. The summed E-state index contributed by atoms with van der Waals surface area (Å²) in [4.78, 5) is 0. The first-order chi connectivity index (χ1) is 14.4. The molecule has 0 fully saturated rings. The van der Waals surface area contributed by atoms with Crippen molar-refractivity contribution in [3.8, 4) is 11.8 Å². The Kier molecular flexibility index (Phi) is 5.59. The van der Waals surface area contributed by atoms with Gasteiger partial charge >= 0.3 is 12.4 Å². The van der Waals surface area contributed by atoms with Crippen molar-refractivity contribution in [2.45, 2.75) is 12.4 Å². The molecule has 0 saturated carbocycles. The third kappa shape index (κ3) is 4.58. The van der Waals surface area contributed by atoms with E-state index < -0.39 is 35.4 Å². The van der Waals surface area contributed by atoms with Crippen molar-refractivity contribution >= 4 is 11.6 Å². The standard InChI is InChI=1S/C20H9F8N3/c21-15-3-1-2-14(18(15)22)12(10-29)8-11-4-6-13(7-5-11)31-17(20(26,27)28)9-16(30-31)19(23,24)25/h1-9H/b12-8-. The SMILES string of the molecule is N#C/C(=C/c1ccc(-n2nc(C(F)(F)F)cc2C(F)(F)F)cc1)c1cccc(F)c1F. The molecule has 0 saturated heterocycles. The van der Waals surface area contributed by atoms with Crippen LogP contribution in [0.25, 0.3) is 17.3 Å². The number of hydrogen-bond donors (Lipinski definition) is 0. The van der Waals surface area contributed by atoms with Crippen LogP contribution >= 0.6 is 0 Å². The van der Waals surface area contributed by atoms with Crippen LogP contribution in [0.1, 0.15) is 22.5 Å². The van der Waals surface area contributed by atoms with Gasteiger partial charge in [0.15, 0.2) is 17.3 Å². The van der Waals surface area contributed by atoms with Gasteiger partial charge < -0.3 is 0 Å². The second-order valence-corrected chi connectivity index (χ2v) is 6.18. The van der Waals surface area contributed by atoms with Crippen LogP contribution in [0.15, 0.2) is 48.5 Å². The molecule has 0 spiro atoms. The zero-order valence-electron chi connectivity index (χ0n) is 15.1. The van der Waals surface area contributed by atoms with Crippen LogP contribution in [0.4, 0.5) is 35.1 Å². The average Bonchev–Trinajstić information content (AvgIpc) is 3.15. The summed E-state index contributed by atoms with van der Waals surface area (Å²) in [5.41, 5.74) is -4.04. The first-order valence-electron chi connectivity index (χ1n) is 8.33. The van der Waals surface area contributed by atoms with Crippen molar-refractivity contribution in [1.29, 1.82) is 5.26 Å². The lowest BCUT2D eigenvalue weighted by Gasteiger charge is -2.10. The highest BCUT2D eigenvalue weighted by Crippen LogP contribution is 2.36. The fourth-order valence-corrected chi connectivity index (χ4v) is 2.68. The summed E-state index contributed by atoms with van der Waals surface area (Å²) < 4.78 is 105. The first-order valence-corrected chi connectivity index (χ1v) is 8.33. The fourth-order valence-electron chi connectivity index (χ4n) is 2.68. The summed E-state index contributed by atoms with van der Waals surface area (Å²) in [6.07, 6.45) is -9.03. The van der Waals surface area contributed by atoms with Gasteiger partial charge in [0, 0.05) is 11.6 Å². The largest absolute Gasteiger partial charge is 0.435 e. The Balaban J connectivity index is 2.02. The molecule has 0 aliphatic carbocycles. The van der Waals surface area contributed by atoms with Crippen LogP contribution in [-0.4, -0.2) is 9.78 Å². The van der Waals surface area contributed by atoms with Crippen molar-refractivity contribution in [3.05, 3.63) is 82.7 Å². The lowest BCUT2D eigenvalue weighted by molar-refractivity contribution is -0.143. The molecule has 3 aromatic rings. The Morgan fingerprint density at radius 3 is 2.13 bits per heavy atom. The quantitative estimate of drug-likeness (QED) is 0.273. The minimum atomic E-state index is -5.10. The molecular formula is C20H9F8N3. The van der Waals surface area contributed by atoms with E-state index >= 15 is 0 Å². The molecule has 0 N–H and O–H groups in total. The maximum absolute atomic E-state index is 13.9. The van der Waals surface area contributed by atoms with Gasteiger partial charge in [-0.1, -0.05) is 24.3 Å². The summed E-state index contributed by atoms with van der Waals surface area (Å²) in [6.45, 7) is 0. The maximum atomic E-state index is 13.9. The van der Waals surface area contributed by atoms with Gasteiger partial charge in [-0.3, -0.25) is 0 Å². The number of benzene rings is 2. The molecule has 0 aliphatic heterocycles. The van der Waals surface area contributed by atoms with Crippen LogP contribution in [0.5, 0.6) is 0 Å². The van der Waals surface area contributed by atoms with Gasteiger partial charge in [0.2, 0.25) is 0 Å². The molecule has 0 atom stereocenters. The summed E-state index contributed by atoms with van der Waals surface area (Å²) in [6, 6.07) is 9.29. The Morgan fingerprint density at radius 2 is 1.58 bits per heavy atom. The van der Waals surface area contributed by atoms with E-state index in [4.69, 9.17) is 0 Å². The molecule has 0 amide bonds. The lowest BCUT2D eigenvalue weighted by Crippen LogP contribution is -2.13. The van der Waals surface area contributed by atoms with Crippen molar-refractivity contribution in [3.63, 3.8) is 0 Å². The van der Waals surface area contributed by atoms with E-state index in [2.05, 4.69) is 5.10 Å². The number of alkyl halides is 6. The molecule has 11 heteroatoms. The normalized spacial score (nSPS) is 12.7. The minimum absolute atomic E-state index is 0.103. The summed E-state index contributed by atoms with van der Waals surface area (Å²) in [5, 5.41) is 12.2. The second-order valence-electron chi connectivity index (χ2n) is 6.18. The van der Waals surface area contributed by atoms with E-state index in [0.717, 1.165) is 24.3 Å². The van der Waals surface area contributed by atoms with Crippen LogP contribution in [0.3, 0.4) is 0 Å².